The van der Waals surface area contributed by atoms with Gasteiger partial charge in [-0.2, -0.15) is 0 Å². The smallest absolute Gasteiger partial charge is 0.341 e. The highest BCUT2D eigenvalue weighted by Gasteiger charge is 2.13. The zero-order valence-electron chi connectivity index (χ0n) is 13.9. The summed E-state index contributed by atoms with van der Waals surface area (Å²) in [4.78, 5) is 23.6. The van der Waals surface area contributed by atoms with E-state index >= 15 is 0 Å². The van der Waals surface area contributed by atoms with Gasteiger partial charge in [0, 0.05) is 6.54 Å². The third kappa shape index (κ3) is 5.20. The summed E-state index contributed by atoms with van der Waals surface area (Å²) in [6.45, 7) is 0.00520. The maximum absolute atomic E-state index is 12.8. The fraction of sp³-hybridized carbons (Fsp3) is 0.222. The summed E-state index contributed by atoms with van der Waals surface area (Å²) < 4.78 is 27.9. The summed E-state index contributed by atoms with van der Waals surface area (Å²) >= 11 is 0. The molecule has 0 bridgehead atoms. The molecule has 0 radical (unpaired) electrons. The predicted molar refractivity (Wildman–Crippen MR) is 88.1 cm³/mol. The van der Waals surface area contributed by atoms with Crippen LogP contribution in [0.4, 0.5) is 4.39 Å². The molecule has 0 aliphatic rings. The second kappa shape index (κ2) is 8.68. The molecule has 25 heavy (non-hydrogen) atoms. The number of hydrogen-bond donors (Lipinski definition) is 1. The zero-order chi connectivity index (χ0) is 18.2. The number of amides is 1. The van der Waals surface area contributed by atoms with E-state index in [0.29, 0.717) is 17.1 Å². The lowest BCUT2D eigenvalue weighted by Gasteiger charge is -2.10. The van der Waals surface area contributed by atoms with Crippen LogP contribution in [0.2, 0.25) is 0 Å². The van der Waals surface area contributed by atoms with E-state index < -0.39 is 5.97 Å². The van der Waals surface area contributed by atoms with Crippen molar-refractivity contribution in [3.05, 3.63) is 59.4 Å². The minimum atomic E-state index is -0.523. The molecule has 1 N–H and O–H groups in total. The number of carbonyl (C=O) groups excluding carboxylic acids is 2. The number of esters is 1. The third-order valence-corrected chi connectivity index (χ3v) is 3.34. The Morgan fingerprint density at radius 2 is 1.80 bits per heavy atom. The summed E-state index contributed by atoms with van der Waals surface area (Å²) in [5.41, 5.74) is 0.982. The van der Waals surface area contributed by atoms with Crippen molar-refractivity contribution in [3.8, 4) is 11.5 Å². The lowest BCUT2D eigenvalue weighted by Crippen LogP contribution is -2.28. The van der Waals surface area contributed by atoms with Gasteiger partial charge in [-0.3, -0.25) is 4.79 Å². The van der Waals surface area contributed by atoms with Crippen molar-refractivity contribution < 1.29 is 28.2 Å². The largest absolute Gasteiger partial charge is 0.496 e. The maximum Gasteiger partial charge on any atom is 0.341 e. The first kappa shape index (κ1) is 18.3. The van der Waals surface area contributed by atoms with Crippen LogP contribution >= 0.6 is 0 Å². The van der Waals surface area contributed by atoms with Crippen LogP contribution in [0.1, 0.15) is 15.9 Å². The van der Waals surface area contributed by atoms with Gasteiger partial charge >= 0.3 is 5.97 Å². The molecule has 7 heteroatoms. The number of benzene rings is 2. The normalized spacial score (nSPS) is 10.0. The number of hydrogen-bond acceptors (Lipinski definition) is 5. The van der Waals surface area contributed by atoms with Crippen LogP contribution < -0.4 is 14.8 Å². The molecule has 0 aliphatic carbocycles. The van der Waals surface area contributed by atoms with Crippen molar-refractivity contribution in [1.82, 2.24) is 5.32 Å². The molecular weight excluding hydrogens is 329 g/mol. The Hall–Kier alpha value is -3.09. The maximum atomic E-state index is 12.8. The molecule has 0 saturated heterocycles. The number of carbonyl (C=O) groups is 2. The molecule has 1 amide bonds. The van der Waals surface area contributed by atoms with Crippen LogP contribution in [0.25, 0.3) is 0 Å². The summed E-state index contributed by atoms with van der Waals surface area (Å²) in [6, 6.07) is 10.3. The molecule has 2 aromatic rings. The van der Waals surface area contributed by atoms with Crippen molar-refractivity contribution in [2.24, 2.45) is 0 Å². The molecule has 2 aromatic carbocycles. The number of methoxy groups -OCH3 is 2. The van der Waals surface area contributed by atoms with Gasteiger partial charge in [0.05, 0.1) is 14.2 Å². The lowest BCUT2D eigenvalue weighted by molar-refractivity contribution is -0.123. The Morgan fingerprint density at radius 3 is 2.44 bits per heavy atom. The minimum absolute atomic E-state index is 0.203. The van der Waals surface area contributed by atoms with Crippen molar-refractivity contribution in [2.45, 2.75) is 6.54 Å². The molecule has 132 valence electrons. The monoisotopic (exact) mass is 347 g/mol. The van der Waals surface area contributed by atoms with Crippen molar-refractivity contribution in [2.75, 3.05) is 20.8 Å². The van der Waals surface area contributed by atoms with E-state index in [-0.39, 0.29) is 30.4 Å². The van der Waals surface area contributed by atoms with Gasteiger partial charge in [0.25, 0.3) is 5.91 Å². The molecule has 2 rings (SSSR count). The highest BCUT2D eigenvalue weighted by Crippen LogP contribution is 2.20. The van der Waals surface area contributed by atoms with Crippen LogP contribution in [0.5, 0.6) is 11.5 Å². The average Bonchev–Trinajstić information content (AvgIpc) is 2.65. The predicted octanol–water partition coefficient (Wildman–Crippen LogP) is 2.32. The minimum Gasteiger partial charge on any atom is -0.496 e. The van der Waals surface area contributed by atoms with Gasteiger partial charge in [0.15, 0.2) is 6.61 Å². The van der Waals surface area contributed by atoms with Crippen molar-refractivity contribution in [1.29, 1.82) is 0 Å². The first-order chi connectivity index (χ1) is 12.0. The Bertz CT molecular complexity index is 746. The van der Waals surface area contributed by atoms with Gasteiger partial charge in [0.1, 0.15) is 22.9 Å². The average molecular weight is 347 g/mol. The number of rotatable bonds is 7. The fourth-order valence-corrected chi connectivity index (χ4v) is 2.07. The second-order valence-corrected chi connectivity index (χ2v) is 5.05. The fourth-order valence-electron chi connectivity index (χ4n) is 2.07. The van der Waals surface area contributed by atoms with E-state index in [0.717, 1.165) is 0 Å². The van der Waals surface area contributed by atoms with Crippen molar-refractivity contribution in [3.63, 3.8) is 0 Å². The Morgan fingerprint density at radius 1 is 1.08 bits per heavy atom. The molecule has 0 atom stereocenters. The molecule has 0 spiro atoms. The summed E-state index contributed by atoms with van der Waals surface area (Å²) in [6.07, 6.45) is 0. The standard InChI is InChI=1S/C18H18FNO5/c1-23-16-8-3-12(9-15(16)18(22)24-2)10-20-17(21)11-25-14-6-4-13(19)5-7-14/h3-9H,10-11H2,1-2H3,(H,20,21). The molecule has 6 nitrogen and oxygen atoms in total. The van der Waals surface area contributed by atoms with Crippen molar-refractivity contribution >= 4 is 11.9 Å². The summed E-state index contributed by atoms with van der Waals surface area (Å²) in [5.74, 6) is -0.460. The molecule has 0 aliphatic heterocycles. The van der Waals surface area contributed by atoms with Gasteiger partial charge in [-0.1, -0.05) is 6.07 Å². The van der Waals surface area contributed by atoms with Crippen LogP contribution in [0.15, 0.2) is 42.5 Å². The molecule has 0 aromatic heterocycles. The Labute approximate surface area is 144 Å². The molecule has 0 saturated carbocycles. The molecule has 0 heterocycles. The SMILES string of the molecule is COC(=O)c1cc(CNC(=O)COc2ccc(F)cc2)ccc1OC. The van der Waals surface area contributed by atoms with E-state index in [1.54, 1.807) is 18.2 Å². The topological polar surface area (TPSA) is 73.9 Å². The summed E-state index contributed by atoms with van der Waals surface area (Å²) in [5, 5.41) is 2.67. The number of ether oxygens (including phenoxy) is 3. The van der Waals surface area contributed by atoms with Gasteiger partial charge < -0.3 is 19.5 Å². The highest BCUT2D eigenvalue weighted by atomic mass is 19.1. The second-order valence-electron chi connectivity index (χ2n) is 5.05. The van der Waals surface area contributed by atoms with Crippen LogP contribution in [0.3, 0.4) is 0 Å². The molecule has 0 unspecified atom stereocenters. The van der Waals surface area contributed by atoms with E-state index in [1.807, 2.05) is 0 Å². The first-order valence-corrected chi connectivity index (χ1v) is 7.43. The van der Waals surface area contributed by atoms with Gasteiger partial charge in [-0.25, -0.2) is 9.18 Å². The molecular formula is C18H18FNO5. The Kier molecular flexibility index (Phi) is 6.33. The molecule has 0 fully saturated rings. The number of nitrogens with one attached hydrogen (secondary N) is 1. The third-order valence-electron chi connectivity index (χ3n) is 3.34. The first-order valence-electron chi connectivity index (χ1n) is 7.43. The van der Waals surface area contributed by atoms with Gasteiger partial charge in [-0.05, 0) is 42.0 Å². The summed E-state index contributed by atoms with van der Waals surface area (Å²) in [7, 11) is 2.74. The van der Waals surface area contributed by atoms with E-state index in [4.69, 9.17) is 14.2 Å². The van der Waals surface area contributed by atoms with E-state index in [2.05, 4.69) is 5.32 Å². The van der Waals surface area contributed by atoms with Crippen LogP contribution in [0, 0.1) is 5.82 Å². The Balaban J connectivity index is 1.90. The zero-order valence-corrected chi connectivity index (χ0v) is 13.9. The quantitative estimate of drug-likeness (QED) is 0.778. The lowest BCUT2D eigenvalue weighted by atomic mass is 10.1. The van der Waals surface area contributed by atoms with E-state index in [9.17, 15) is 14.0 Å². The van der Waals surface area contributed by atoms with Crippen LogP contribution in [-0.4, -0.2) is 32.7 Å². The van der Waals surface area contributed by atoms with E-state index in [1.165, 1.54) is 38.5 Å². The van der Waals surface area contributed by atoms with Gasteiger partial charge in [-0.15, -0.1) is 0 Å². The van der Waals surface area contributed by atoms with Gasteiger partial charge in [0.2, 0.25) is 0 Å². The highest BCUT2D eigenvalue weighted by molar-refractivity contribution is 5.92. The van der Waals surface area contributed by atoms with Crippen LogP contribution in [-0.2, 0) is 16.1 Å². The number of halogens is 1.